The van der Waals surface area contributed by atoms with Gasteiger partial charge >= 0.3 is 11.9 Å². The fourth-order valence-electron chi connectivity index (χ4n) is 1.32. The van der Waals surface area contributed by atoms with Crippen molar-refractivity contribution in [3.05, 3.63) is 0 Å². The number of nitrogens with one attached hydrogen (secondary N) is 1. The highest BCUT2D eigenvalue weighted by Gasteiger charge is 2.20. The van der Waals surface area contributed by atoms with E-state index in [0.29, 0.717) is 6.54 Å². The van der Waals surface area contributed by atoms with E-state index in [9.17, 15) is 9.59 Å². The van der Waals surface area contributed by atoms with Crippen LogP contribution in [-0.2, 0) is 14.3 Å². The molecule has 0 aliphatic heterocycles. The van der Waals surface area contributed by atoms with Crippen LogP contribution in [-0.4, -0.2) is 36.7 Å². The molecule has 0 aromatic rings. The largest absolute Gasteiger partial charge is 0.480 e. The number of hydrogen-bond acceptors (Lipinski definition) is 4. The number of carbonyl (C=O) groups excluding carboxylic acids is 1. The van der Waals surface area contributed by atoms with E-state index < -0.39 is 18.0 Å². The number of unbranched alkanes of at least 4 members (excludes halogenated alkanes) is 3. The topological polar surface area (TPSA) is 75.6 Å². The van der Waals surface area contributed by atoms with Crippen molar-refractivity contribution in [2.24, 2.45) is 0 Å². The third-order valence-corrected chi connectivity index (χ3v) is 2.32. The number of methoxy groups -OCH3 is 1. The lowest BCUT2D eigenvalue weighted by atomic mass is 10.1. The van der Waals surface area contributed by atoms with Gasteiger partial charge in [0.2, 0.25) is 0 Å². The number of carbonyl (C=O) groups is 2. The van der Waals surface area contributed by atoms with Gasteiger partial charge in [0.05, 0.1) is 13.5 Å². The van der Waals surface area contributed by atoms with Crippen molar-refractivity contribution in [3.63, 3.8) is 0 Å². The van der Waals surface area contributed by atoms with Crippen molar-refractivity contribution in [1.82, 2.24) is 5.32 Å². The fourth-order valence-corrected chi connectivity index (χ4v) is 1.32. The second kappa shape index (κ2) is 9.15. The molecule has 0 saturated carbocycles. The molecule has 0 aliphatic rings. The Morgan fingerprint density at radius 3 is 2.50 bits per heavy atom. The minimum Gasteiger partial charge on any atom is -0.480 e. The van der Waals surface area contributed by atoms with Crippen LogP contribution in [0.1, 0.15) is 39.0 Å². The van der Waals surface area contributed by atoms with Crippen LogP contribution in [0.15, 0.2) is 0 Å². The molecule has 0 aliphatic carbocycles. The molecule has 0 radical (unpaired) electrons. The number of carboxylic acids is 1. The Kier molecular flexibility index (Phi) is 8.52. The zero-order valence-electron chi connectivity index (χ0n) is 9.99. The van der Waals surface area contributed by atoms with Gasteiger partial charge in [-0.3, -0.25) is 9.59 Å². The molecule has 5 nitrogen and oxygen atoms in total. The second-order valence-corrected chi connectivity index (χ2v) is 3.69. The summed E-state index contributed by atoms with van der Waals surface area (Å²) in [6.07, 6.45) is 4.17. The van der Waals surface area contributed by atoms with Crippen molar-refractivity contribution >= 4 is 11.9 Å². The van der Waals surface area contributed by atoms with Gasteiger partial charge in [-0.15, -0.1) is 0 Å². The predicted octanol–water partition coefficient (Wildman–Crippen LogP) is 1.17. The van der Waals surface area contributed by atoms with Gasteiger partial charge in [0.1, 0.15) is 6.04 Å². The van der Waals surface area contributed by atoms with E-state index in [1.54, 1.807) is 0 Å². The van der Waals surface area contributed by atoms with Crippen LogP contribution in [0, 0.1) is 0 Å². The van der Waals surface area contributed by atoms with Gasteiger partial charge in [0.15, 0.2) is 0 Å². The Morgan fingerprint density at radius 1 is 1.31 bits per heavy atom. The SMILES string of the molecule is CCCCCCNC(CC(=O)OC)C(=O)O. The van der Waals surface area contributed by atoms with Gasteiger partial charge in [-0.25, -0.2) is 0 Å². The first-order valence-corrected chi connectivity index (χ1v) is 5.64. The first-order chi connectivity index (χ1) is 7.61. The maximum absolute atomic E-state index is 10.9. The molecule has 0 bridgehead atoms. The molecular formula is C11H21NO4. The molecule has 0 fully saturated rings. The first kappa shape index (κ1) is 14.9. The molecule has 0 rings (SSSR count). The van der Waals surface area contributed by atoms with E-state index in [2.05, 4.69) is 17.0 Å². The molecule has 1 unspecified atom stereocenters. The lowest BCUT2D eigenvalue weighted by molar-refractivity contribution is -0.147. The van der Waals surface area contributed by atoms with E-state index in [0.717, 1.165) is 25.7 Å². The van der Waals surface area contributed by atoms with E-state index >= 15 is 0 Å². The Morgan fingerprint density at radius 2 is 2.00 bits per heavy atom. The maximum atomic E-state index is 10.9. The van der Waals surface area contributed by atoms with Crippen molar-refractivity contribution in [3.8, 4) is 0 Å². The van der Waals surface area contributed by atoms with Crippen molar-refractivity contribution < 1.29 is 19.4 Å². The van der Waals surface area contributed by atoms with Gasteiger partial charge in [0.25, 0.3) is 0 Å². The fraction of sp³-hybridized carbons (Fsp3) is 0.818. The lowest BCUT2D eigenvalue weighted by Crippen LogP contribution is -2.39. The maximum Gasteiger partial charge on any atom is 0.321 e. The highest BCUT2D eigenvalue weighted by molar-refractivity contribution is 5.81. The van der Waals surface area contributed by atoms with Gasteiger partial charge in [0, 0.05) is 0 Å². The third-order valence-electron chi connectivity index (χ3n) is 2.32. The van der Waals surface area contributed by atoms with Crippen LogP contribution in [0.3, 0.4) is 0 Å². The van der Waals surface area contributed by atoms with Gasteiger partial charge < -0.3 is 15.2 Å². The Bertz CT molecular complexity index is 218. The normalized spacial score (nSPS) is 12.1. The van der Waals surface area contributed by atoms with Gasteiger partial charge in [-0.05, 0) is 13.0 Å². The molecule has 0 aromatic heterocycles. The second-order valence-electron chi connectivity index (χ2n) is 3.69. The van der Waals surface area contributed by atoms with Crippen molar-refractivity contribution in [1.29, 1.82) is 0 Å². The standard InChI is InChI=1S/C11H21NO4/c1-3-4-5-6-7-12-9(11(14)15)8-10(13)16-2/h9,12H,3-8H2,1-2H3,(H,14,15). The van der Waals surface area contributed by atoms with Crippen LogP contribution in [0.5, 0.6) is 0 Å². The van der Waals surface area contributed by atoms with Crippen molar-refractivity contribution in [2.75, 3.05) is 13.7 Å². The summed E-state index contributed by atoms with van der Waals surface area (Å²) in [7, 11) is 1.25. The Labute approximate surface area is 96.2 Å². The number of hydrogen-bond donors (Lipinski definition) is 2. The molecule has 0 heterocycles. The Hall–Kier alpha value is -1.10. The summed E-state index contributed by atoms with van der Waals surface area (Å²) in [6, 6.07) is -0.839. The quantitative estimate of drug-likeness (QED) is 0.460. The number of carboxylic acid groups (broad SMARTS) is 1. The minimum atomic E-state index is -1.01. The van der Waals surface area contributed by atoms with Crippen LogP contribution >= 0.6 is 0 Å². The van der Waals surface area contributed by atoms with E-state index in [4.69, 9.17) is 5.11 Å². The summed E-state index contributed by atoms with van der Waals surface area (Å²) in [6.45, 7) is 2.73. The zero-order valence-corrected chi connectivity index (χ0v) is 9.99. The summed E-state index contributed by atoms with van der Waals surface area (Å²) in [4.78, 5) is 21.7. The number of esters is 1. The van der Waals surface area contributed by atoms with Crippen LogP contribution in [0.25, 0.3) is 0 Å². The molecule has 0 spiro atoms. The summed E-state index contributed by atoms with van der Waals surface area (Å²) in [5.74, 6) is -1.52. The molecule has 0 aromatic carbocycles. The minimum absolute atomic E-state index is 0.125. The monoisotopic (exact) mass is 231 g/mol. The lowest BCUT2D eigenvalue weighted by Gasteiger charge is -2.12. The van der Waals surface area contributed by atoms with Crippen LogP contribution < -0.4 is 5.32 Å². The van der Waals surface area contributed by atoms with E-state index in [-0.39, 0.29) is 6.42 Å². The predicted molar refractivity (Wildman–Crippen MR) is 60.2 cm³/mol. The zero-order chi connectivity index (χ0) is 12.4. The van der Waals surface area contributed by atoms with Gasteiger partial charge in [-0.1, -0.05) is 26.2 Å². The van der Waals surface area contributed by atoms with Crippen LogP contribution in [0.4, 0.5) is 0 Å². The molecule has 5 heteroatoms. The average Bonchev–Trinajstić information content (AvgIpc) is 2.26. The van der Waals surface area contributed by atoms with Crippen LogP contribution in [0.2, 0.25) is 0 Å². The molecule has 16 heavy (non-hydrogen) atoms. The van der Waals surface area contributed by atoms with E-state index in [1.165, 1.54) is 7.11 Å². The molecule has 94 valence electrons. The number of rotatable bonds is 9. The molecule has 1 atom stereocenters. The van der Waals surface area contributed by atoms with Gasteiger partial charge in [-0.2, -0.15) is 0 Å². The number of aliphatic carboxylic acids is 1. The number of ether oxygens (including phenoxy) is 1. The highest BCUT2D eigenvalue weighted by Crippen LogP contribution is 1.99. The summed E-state index contributed by atoms with van der Waals surface area (Å²) in [5.41, 5.74) is 0. The van der Waals surface area contributed by atoms with E-state index in [1.807, 2.05) is 0 Å². The molecule has 2 N–H and O–H groups in total. The molecular weight excluding hydrogens is 210 g/mol. The smallest absolute Gasteiger partial charge is 0.321 e. The first-order valence-electron chi connectivity index (χ1n) is 5.64. The average molecular weight is 231 g/mol. The van der Waals surface area contributed by atoms with Crippen molar-refractivity contribution in [2.45, 2.75) is 45.1 Å². The third kappa shape index (κ3) is 7.23. The summed E-state index contributed by atoms with van der Waals surface area (Å²) < 4.78 is 4.43. The summed E-state index contributed by atoms with van der Waals surface area (Å²) in [5, 5.41) is 11.7. The molecule has 0 saturated heterocycles. The highest BCUT2D eigenvalue weighted by atomic mass is 16.5. The molecule has 0 amide bonds. The summed E-state index contributed by atoms with van der Waals surface area (Å²) >= 11 is 0. The Balaban J connectivity index is 3.77.